The number of hydrogen-bond acceptors (Lipinski definition) is 1. The van der Waals surface area contributed by atoms with E-state index in [4.69, 9.17) is 6.42 Å². The van der Waals surface area contributed by atoms with Crippen molar-refractivity contribution in [2.45, 2.75) is 38.0 Å². The molecule has 0 spiro atoms. The first-order valence-electron chi connectivity index (χ1n) is 4.88. The van der Waals surface area contributed by atoms with E-state index in [9.17, 15) is 0 Å². The molecule has 1 aromatic rings. The van der Waals surface area contributed by atoms with Crippen LogP contribution in [0.4, 0.5) is 0 Å². The van der Waals surface area contributed by atoms with E-state index in [1.165, 1.54) is 35.4 Å². The summed E-state index contributed by atoms with van der Waals surface area (Å²) < 4.78 is 0. The standard InChI is InChI=1S/C12H14S/c1-3-5-10-6-7-11(13-10)12(4-2)8-9-12/h2,6-7H,3,5,8-9H2,1H3. The lowest BCUT2D eigenvalue weighted by Crippen LogP contribution is -1.97. The molecule has 0 bridgehead atoms. The van der Waals surface area contributed by atoms with Crippen molar-refractivity contribution in [3.05, 3.63) is 21.9 Å². The molecule has 1 heteroatoms. The van der Waals surface area contributed by atoms with Gasteiger partial charge in [-0.25, -0.2) is 0 Å². The second-order valence-electron chi connectivity index (χ2n) is 3.74. The average Bonchev–Trinajstić information content (AvgIpc) is 2.82. The quantitative estimate of drug-likeness (QED) is 0.641. The summed E-state index contributed by atoms with van der Waals surface area (Å²) >= 11 is 1.91. The Balaban J connectivity index is 2.19. The van der Waals surface area contributed by atoms with E-state index in [2.05, 4.69) is 25.0 Å². The van der Waals surface area contributed by atoms with E-state index in [1.807, 2.05) is 11.3 Å². The van der Waals surface area contributed by atoms with Crippen LogP contribution in [0.25, 0.3) is 0 Å². The van der Waals surface area contributed by atoms with Gasteiger partial charge in [-0.05, 0) is 31.4 Å². The zero-order chi connectivity index (χ0) is 9.31. The van der Waals surface area contributed by atoms with Gasteiger partial charge in [-0.1, -0.05) is 19.3 Å². The summed E-state index contributed by atoms with van der Waals surface area (Å²) in [5.74, 6) is 2.93. The summed E-state index contributed by atoms with van der Waals surface area (Å²) in [5, 5.41) is 0. The Morgan fingerprint density at radius 1 is 1.54 bits per heavy atom. The number of hydrogen-bond donors (Lipinski definition) is 0. The molecule has 1 heterocycles. The molecule has 1 fully saturated rings. The highest BCUT2D eigenvalue weighted by Crippen LogP contribution is 2.49. The van der Waals surface area contributed by atoms with Crippen LogP contribution in [0.5, 0.6) is 0 Å². The molecule has 2 rings (SSSR count). The van der Waals surface area contributed by atoms with Crippen LogP contribution in [0.1, 0.15) is 35.9 Å². The van der Waals surface area contributed by atoms with Crippen LogP contribution in [-0.4, -0.2) is 0 Å². The zero-order valence-electron chi connectivity index (χ0n) is 7.97. The van der Waals surface area contributed by atoms with E-state index in [0.717, 1.165) is 0 Å². The van der Waals surface area contributed by atoms with E-state index >= 15 is 0 Å². The van der Waals surface area contributed by atoms with Crippen molar-refractivity contribution in [2.75, 3.05) is 0 Å². The van der Waals surface area contributed by atoms with Gasteiger partial charge in [-0.2, -0.15) is 0 Å². The fourth-order valence-corrected chi connectivity index (χ4v) is 2.92. The van der Waals surface area contributed by atoms with Gasteiger partial charge in [0.25, 0.3) is 0 Å². The molecular formula is C12H14S. The lowest BCUT2D eigenvalue weighted by Gasteiger charge is -2.01. The van der Waals surface area contributed by atoms with Crippen molar-refractivity contribution in [2.24, 2.45) is 0 Å². The minimum atomic E-state index is 0.149. The van der Waals surface area contributed by atoms with Gasteiger partial charge >= 0.3 is 0 Å². The van der Waals surface area contributed by atoms with E-state index in [-0.39, 0.29) is 5.41 Å². The Hall–Kier alpha value is -0.740. The third-order valence-corrected chi connectivity index (χ3v) is 4.01. The molecule has 0 radical (unpaired) electrons. The molecular weight excluding hydrogens is 176 g/mol. The highest BCUT2D eigenvalue weighted by Gasteiger charge is 2.43. The van der Waals surface area contributed by atoms with Gasteiger partial charge in [0.1, 0.15) is 0 Å². The predicted octanol–water partition coefficient (Wildman–Crippen LogP) is 3.37. The van der Waals surface area contributed by atoms with Crippen molar-refractivity contribution in [1.82, 2.24) is 0 Å². The fourth-order valence-electron chi connectivity index (χ4n) is 1.60. The molecule has 1 aliphatic rings. The van der Waals surface area contributed by atoms with Gasteiger partial charge in [-0.15, -0.1) is 17.8 Å². The Morgan fingerprint density at radius 3 is 2.85 bits per heavy atom. The first kappa shape index (κ1) is 8.84. The highest BCUT2D eigenvalue weighted by atomic mass is 32.1. The Kier molecular flexibility index (Phi) is 2.17. The fraction of sp³-hybridized carbons (Fsp3) is 0.500. The van der Waals surface area contributed by atoms with Crippen LogP contribution in [0.3, 0.4) is 0 Å². The summed E-state index contributed by atoms with van der Waals surface area (Å²) in [6.45, 7) is 2.22. The average molecular weight is 190 g/mol. The van der Waals surface area contributed by atoms with Crippen LogP contribution in [-0.2, 0) is 11.8 Å². The van der Waals surface area contributed by atoms with Crippen molar-refractivity contribution < 1.29 is 0 Å². The molecule has 1 aromatic heterocycles. The molecule has 0 atom stereocenters. The number of rotatable bonds is 3. The maximum atomic E-state index is 5.54. The maximum absolute atomic E-state index is 5.54. The topological polar surface area (TPSA) is 0 Å². The minimum Gasteiger partial charge on any atom is -0.144 e. The third-order valence-electron chi connectivity index (χ3n) is 2.66. The summed E-state index contributed by atoms with van der Waals surface area (Å²) in [6, 6.07) is 4.46. The molecule has 1 aliphatic carbocycles. The summed E-state index contributed by atoms with van der Waals surface area (Å²) in [6.07, 6.45) is 10.3. The third kappa shape index (κ3) is 1.51. The number of terminal acetylenes is 1. The second kappa shape index (κ2) is 3.20. The summed E-state index contributed by atoms with van der Waals surface area (Å²) in [5.41, 5.74) is 0.149. The molecule has 68 valence electrons. The molecule has 0 amide bonds. The van der Waals surface area contributed by atoms with E-state index in [1.54, 1.807) is 0 Å². The van der Waals surface area contributed by atoms with Gasteiger partial charge in [-0.3, -0.25) is 0 Å². The lowest BCUT2D eigenvalue weighted by molar-refractivity contribution is 0.940. The Labute approximate surface area is 84.0 Å². The molecule has 1 saturated carbocycles. The van der Waals surface area contributed by atoms with Gasteiger partial charge in [0, 0.05) is 9.75 Å². The Bertz CT molecular complexity index is 336. The normalized spacial score (nSPS) is 18.2. The summed E-state index contributed by atoms with van der Waals surface area (Å²) in [7, 11) is 0. The molecule has 13 heavy (non-hydrogen) atoms. The zero-order valence-corrected chi connectivity index (χ0v) is 8.79. The van der Waals surface area contributed by atoms with Crippen LogP contribution >= 0.6 is 11.3 Å². The SMILES string of the molecule is C#CC1(c2ccc(CCC)s2)CC1. The highest BCUT2D eigenvalue weighted by molar-refractivity contribution is 7.12. The molecule has 0 aliphatic heterocycles. The summed E-state index contributed by atoms with van der Waals surface area (Å²) in [4.78, 5) is 2.90. The first-order chi connectivity index (χ1) is 6.30. The molecule has 0 saturated heterocycles. The van der Waals surface area contributed by atoms with Crippen LogP contribution < -0.4 is 0 Å². The van der Waals surface area contributed by atoms with Crippen molar-refractivity contribution in [3.63, 3.8) is 0 Å². The number of aryl methyl sites for hydroxylation is 1. The number of thiophene rings is 1. The van der Waals surface area contributed by atoms with Crippen molar-refractivity contribution >= 4 is 11.3 Å². The maximum Gasteiger partial charge on any atom is 0.0654 e. The lowest BCUT2D eigenvalue weighted by atomic mass is 10.1. The van der Waals surface area contributed by atoms with E-state index < -0.39 is 0 Å². The van der Waals surface area contributed by atoms with Gasteiger partial charge in [0.15, 0.2) is 0 Å². The van der Waals surface area contributed by atoms with Crippen molar-refractivity contribution in [1.29, 1.82) is 0 Å². The van der Waals surface area contributed by atoms with Crippen LogP contribution in [0.2, 0.25) is 0 Å². The largest absolute Gasteiger partial charge is 0.144 e. The monoisotopic (exact) mass is 190 g/mol. The van der Waals surface area contributed by atoms with Crippen LogP contribution in [0, 0.1) is 12.3 Å². The van der Waals surface area contributed by atoms with Crippen LogP contribution in [0.15, 0.2) is 12.1 Å². The molecule has 0 nitrogen and oxygen atoms in total. The predicted molar refractivity (Wildman–Crippen MR) is 58.1 cm³/mol. The molecule has 0 unspecified atom stereocenters. The van der Waals surface area contributed by atoms with Gasteiger partial charge < -0.3 is 0 Å². The first-order valence-corrected chi connectivity index (χ1v) is 5.69. The van der Waals surface area contributed by atoms with E-state index in [0.29, 0.717) is 0 Å². The smallest absolute Gasteiger partial charge is 0.0654 e. The molecule has 0 N–H and O–H groups in total. The second-order valence-corrected chi connectivity index (χ2v) is 4.91. The Morgan fingerprint density at radius 2 is 2.31 bits per heavy atom. The van der Waals surface area contributed by atoms with Crippen molar-refractivity contribution in [3.8, 4) is 12.3 Å². The van der Waals surface area contributed by atoms with Gasteiger partial charge in [0.05, 0.1) is 5.41 Å². The van der Waals surface area contributed by atoms with Gasteiger partial charge in [0.2, 0.25) is 0 Å². The minimum absolute atomic E-state index is 0.149. The molecule has 0 aromatic carbocycles.